The molecule has 92 valence electrons. The van der Waals surface area contributed by atoms with E-state index in [2.05, 4.69) is 0 Å². The van der Waals surface area contributed by atoms with Crippen molar-refractivity contribution >= 4 is 11.9 Å². The maximum Gasteiger partial charge on any atom is 0.189 e. The van der Waals surface area contributed by atoms with Crippen molar-refractivity contribution in [1.29, 1.82) is 0 Å². The highest BCUT2D eigenvalue weighted by atomic mass is 16.7. The van der Waals surface area contributed by atoms with E-state index >= 15 is 0 Å². The third-order valence-electron chi connectivity index (χ3n) is 2.20. The van der Waals surface area contributed by atoms with E-state index in [0.29, 0.717) is 13.0 Å². The summed E-state index contributed by atoms with van der Waals surface area (Å²) in [6.45, 7) is 4.67. The molecule has 3 heteroatoms. The second-order valence-corrected chi connectivity index (χ2v) is 3.48. The molecule has 1 aromatic rings. The highest BCUT2D eigenvalue weighted by Crippen LogP contribution is 2.13. The van der Waals surface area contributed by atoms with E-state index in [-0.39, 0.29) is 12.6 Å². The van der Waals surface area contributed by atoms with E-state index in [4.69, 9.17) is 9.47 Å². The lowest BCUT2D eigenvalue weighted by Crippen LogP contribution is -2.01. The zero-order valence-corrected chi connectivity index (χ0v) is 10.3. The first-order valence-electron chi connectivity index (χ1n) is 5.77. The minimum absolute atomic E-state index is 0.127. The number of hydrogen-bond donors (Lipinski definition) is 0. The second kappa shape index (κ2) is 7.63. The van der Waals surface area contributed by atoms with E-state index in [1.165, 1.54) is 0 Å². The summed E-state index contributed by atoms with van der Waals surface area (Å²) in [5, 5.41) is 0. The zero-order valence-electron chi connectivity index (χ0n) is 10.3. The smallest absolute Gasteiger partial charge is 0.189 e. The van der Waals surface area contributed by atoms with Gasteiger partial charge < -0.3 is 9.47 Å². The first-order valence-corrected chi connectivity index (χ1v) is 5.77. The van der Waals surface area contributed by atoms with Crippen LogP contribution in [0.1, 0.15) is 25.8 Å². The molecule has 0 unspecified atom stereocenters. The van der Waals surface area contributed by atoms with Gasteiger partial charge in [-0.1, -0.05) is 25.1 Å². The maximum atomic E-state index is 11.1. The standard InChI is InChI=1S/C14H18O3/c1-3-13(15)8-5-12-6-9-14(10-7-12)17-11-16-4-2/h5-10H,3-4,11H2,1-2H3/b8-5+. The lowest BCUT2D eigenvalue weighted by molar-refractivity contribution is -0.114. The lowest BCUT2D eigenvalue weighted by atomic mass is 10.2. The largest absolute Gasteiger partial charge is 0.468 e. The summed E-state index contributed by atoms with van der Waals surface area (Å²) < 4.78 is 10.4. The maximum absolute atomic E-state index is 11.1. The fourth-order valence-electron chi connectivity index (χ4n) is 1.18. The number of hydrogen-bond acceptors (Lipinski definition) is 3. The van der Waals surface area contributed by atoms with Crippen molar-refractivity contribution < 1.29 is 14.3 Å². The normalized spacial score (nSPS) is 10.7. The highest BCUT2D eigenvalue weighted by molar-refractivity contribution is 5.93. The van der Waals surface area contributed by atoms with Crippen LogP contribution in [0.3, 0.4) is 0 Å². The van der Waals surface area contributed by atoms with Crippen LogP contribution in [0, 0.1) is 0 Å². The molecule has 0 aliphatic carbocycles. The molecule has 0 fully saturated rings. The Bertz CT molecular complexity index is 366. The first kappa shape index (κ1) is 13.5. The van der Waals surface area contributed by atoms with E-state index in [9.17, 15) is 4.79 Å². The fraction of sp³-hybridized carbons (Fsp3) is 0.357. The third-order valence-corrected chi connectivity index (χ3v) is 2.20. The Labute approximate surface area is 102 Å². The predicted octanol–water partition coefficient (Wildman–Crippen LogP) is 3.05. The van der Waals surface area contributed by atoms with Gasteiger partial charge in [-0.2, -0.15) is 0 Å². The summed E-state index contributed by atoms with van der Waals surface area (Å²) in [6, 6.07) is 7.52. The Hall–Kier alpha value is -1.61. The number of ether oxygens (including phenoxy) is 2. The number of benzene rings is 1. The molecule has 0 aliphatic rings. The van der Waals surface area contributed by atoms with Crippen LogP contribution in [0.2, 0.25) is 0 Å². The molecule has 0 amide bonds. The van der Waals surface area contributed by atoms with Crippen molar-refractivity contribution in [2.45, 2.75) is 20.3 Å². The Morgan fingerprint density at radius 1 is 1.24 bits per heavy atom. The number of allylic oxidation sites excluding steroid dienone is 1. The number of ketones is 1. The topological polar surface area (TPSA) is 35.5 Å². The molecule has 0 radical (unpaired) electrons. The molecule has 0 N–H and O–H groups in total. The van der Waals surface area contributed by atoms with Gasteiger partial charge in [-0.15, -0.1) is 0 Å². The van der Waals surface area contributed by atoms with Crippen LogP contribution in [-0.4, -0.2) is 19.2 Å². The van der Waals surface area contributed by atoms with Gasteiger partial charge in [0.25, 0.3) is 0 Å². The molecule has 0 aliphatic heterocycles. The third kappa shape index (κ3) is 5.31. The molecular formula is C14H18O3. The quantitative estimate of drug-likeness (QED) is 0.413. The Balaban J connectivity index is 2.50. The number of rotatable bonds is 7. The molecule has 0 spiro atoms. The lowest BCUT2D eigenvalue weighted by Gasteiger charge is -2.05. The molecule has 0 atom stereocenters. The highest BCUT2D eigenvalue weighted by Gasteiger charge is 1.94. The molecule has 0 aromatic heterocycles. The van der Waals surface area contributed by atoms with Crippen molar-refractivity contribution in [2.24, 2.45) is 0 Å². The van der Waals surface area contributed by atoms with Crippen LogP contribution in [0.5, 0.6) is 5.75 Å². The average molecular weight is 234 g/mol. The fourth-order valence-corrected chi connectivity index (χ4v) is 1.18. The minimum Gasteiger partial charge on any atom is -0.468 e. The van der Waals surface area contributed by atoms with Gasteiger partial charge in [0, 0.05) is 13.0 Å². The van der Waals surface area contributed by atoms with Gasteiger partial charge in [0.05, 0.1) is 0 Å². The van der Waals surface area contributed by atoms with Gasteiger partial charge in [0.15, 0.2) is 12.6 Å². The van der Waals surface area contributed by atoms with E-state index < -0.39 is 0 Å². The summed E-state index contributed by atoms with van der Waals surface area (Å²) >= 11 is 0. The van der Waals surface area contributed by atoms with Crippen molar-refractivity contribution in [2.75, 3.05) is 13.4 Å². The zero-order chi connectivity index (χ0) is 12.5. The van der Waals surface area contributed by atoms with Crippen LogP contribution < -0.4 is 4.74 Å². The SMILES string of the molecule is CCOCOc1ccc(/C=C/C(=O)CC)cc1. The first-order chi connectivity index (χ1) is 8.26. The van der Waals surface area contributed by atoms with E-state index in [1.807, 2.05) is 38.1 Å². The number of carbonyl (C=O) groups is 1. The molecular weight excluding hydrogens is 216 g/mol. The van der Waals surface area contributed by atoms with Gasteiger partial charge in [-0.05, 0) is 30.7 Å². The van der Waals surface area contributed by atoms with Crippen molar-refractivity contribution in [3.63, 3.8) is 0 Å². The molecule has 0 saturated heterocycles. The monoisotopic (exact) mass is 234 g/mol. The predicted molar refractivity (Wildman–Crippen MR) is 67.9 cm³/mol. The summed E-state index contributed by atoms with van der Waals surface area (Å²) in [5.41, 5.74) is 0.982. The average Bonchev–Trinajstić information content (AvgIpc) is 2.37. The summed E-state index contributed by atoms with van der Waals surface area (Å²) in [6.07, 6.45) is 3.93. The summed E-state index contributed by atoms with van der Waals surface area (Å²) in [4.78, 5) is 11.1. The molecule has 0 bridgehead atoms. The summed E-state index contributed by atoms with van der Waals surface area (Å²) in [7, 11) is 0. The number of carbonyl (C=O) groups excluding carboxylic acids is 1. The Morgan fingerprint density at radius 2 is 1.94 bits per heavy atom. The second-order valence-electron chi connectivity index (χ2n) is 3.48. The van der Waals surface area contributed by atoms with Crippen molar-refractivity contribution in [1.82, 2.24) is 0 Å². The van der Waals surface area contributed by atoms with Gasteiger partial charge in [-0.3, -0.25) is 4.79 Å². The van der Waals surface area contributed by atoms with E-state index in [0.717, 1.165) is 11.3 Å². The molecule has 0 saturated carbocycles. The van der Waals surface area contributed by atoms with Crippen molar-refractivity contribution in [3.8, 4) is 5.75 Å². The Kier molecular flexibility index (Phi) is 6.04. The van der Waals surface area contributed by atoms with Crippen LogP contribution in [0.15, 0.2) is 30.3 Å². The summed E-state index contributed by atoms with van der Waals surface area (Å²) in [5.74, 6) is 0.888. The van der Waals surface area contributed by atoms with Crippen LogP contribution in [0.25, 0.3) is 6.08 Å². The van der Waals surface area contributed by atoms with Crippen molar-refractivity contribution in [3.05, 3.63) is 35.9 Å². The van der Waals surface area contributed by atoms with Crippen LogP contribution in [-0.2, 0) is 9.53 Å². The minimum atomic E-state index is 0.127. The molecule has 0 heterocycles. The molecule has 1 aromatic carbocycles. The van der Waals surface area contributed by atoms with Gasteiger partial charge in [-0.25, -0.2) is 0 Å². The van der Waals surface area contributed by atoms with Gasteiger partial charge >= 0.3 is 0 Å². The Morgan fingerprint density at radius 3 is 2.53 bits per heavy atom. The van der Waals surface area contributed by atoms with Gasteiger partial charge in [0.2, 0.25) is 0 Å². The van der Waals surface area contributed by atoms with Gasteiger partial charge in [0.1, 0.15) is 5.75 Å². The van der Waals surface area contributed by atoms with Crippen LogP contribution >= 0.6 is 0 Å². The van der Waals surface area contributed by atoms with E-state index in [1.54, 1.807) is 12.2 Å². The van der Waals surface area contributed by atoms with Crippen LogP contribution in [0.4, 0.5) is 0 Å². The molecule has 3 nitrogen and oxygen atoms in total. The molecule has 17 heavy (non-hydrogen) atoms. The molecule has 1 rings (SSSR count).